The van der Waals surface area contributed by atoms with E-state index < -0.39 is 0 Å². The number of amides is 1. The van der Waals surface area contributed by atoms with Crippen LogP contribution in [0, 0.1) is 5.92 Å². The zero-order valence-electron chi connectivity index (χ0n) is 13.9. The van der Waals surface area contributed by atoms with Crippen molar-refractivity contribution < 1.29 is 4.79 Å². The number of aromatic nitrogens is 5. The molecule has 7 heteroatoms. The Bertz CT molecular complexity index is 827. The molecule has 4 rings (SSSR count). The van der Waals surface area contributed by atoms with Crippen LogP contribution in [0.25, 0.3) is 5.69 Å². The molecule has 0 bridgehead atoms. The predicted molar refractivity (Wildman–Crippen MR) is 92.3 cm³/mol. The van der Waals surface area contributed by atoms with Gasteiger partial charge >= 0.3 is 0 Å². The fraction of sp³-hybridized carbons (Fsp3) is 0.333. The number of benzene rings is 1. The average Bonchev–Trinajstić information content (AvgIpc) is 3.35. The number of piperidine rings is 1. The van der Waals surface area contributed by atoms with Crippen molar-refractivity contribution in [3.8, 4) is 5.69 Å². The molecule has 25 heavy (non-hydrogen) atoms. The maximum absolute atomic E-state index is 12.9. The number of aromatic amines is 1. The lowest BCUT2D eigenvalue weighted by Gasteiger charge is -2.32. The summed E-state index contributed by atoms with van der Waals surface area (Å²) in [6.07, 6.45) is 8.15. The Morgan fingerprint density at radius 2 is 2.12 bits per heavy atom. The molecule has 2 aromatic heterocycles. The molecule has 1 aliphatic heterocycles. The molecule has 1 saturated heterocycles. The van der Waals surface area contributed by atoms with Crippen LogP contribution in [0.1, 0.15) is 28.9 Å². The highest BCUT2D eigenvalue weighted by Gasteiger charge is 2.25. The Balaban J connectivity index is 1.47. The first-order valence-electron chi connectivity index (χ1n) is 8.52. The molecule has 1 aliphatic rings. The van der Waals surface area contributed by atoms with Gasteiger partial charge in [-0.05, 0) is 49.4 Å². The normalized spacial score (nSPS) is 17.6. The summed E-state index contributed by atoms with van der Waals surface area (Å²) in [5, 5.41) is 14.7. The van der Waals surface area contributed by atoms with E-state index in [1.807, 2.05) is 35.2 Å². The minimum absolute atomic E-state index is 0.0873. The van der Waals surface area contributed by atoms with E-state index in [4.69, 9.17) is 0 Å². The Morgan fingerprint density at radius 3 is 2.92 bits per heavy atom. The molecule has 3 aromatic rings. The SMILES string of the molecule is O=C(c1cccc(-n2cnnc2)c1)N1CCCC(Cc2ccn[nH]2)C1. The van der Waals surface area contributed by atoms with Crippen LogP contribution in [0.15, 0.2) is 49.2 Å². The molecule has 1 unspecified atom stereocenters. The molecular weight excluding hydrogens is 316 g/mol. The molecular formula is C18H20N6O. The van der Waals surface area contributed by atoms with Gasteiger partial charge in [-0.3, -0.25) is 14.5 Å². The monoisotopic (exact) mass is 336 g/mol. The largest absolute Gasteiger partial charge is 0.338 e. The number of hydrogen-bond acceptors (Lipinski definition) is 4. The maximum atomic E-state index is 12.9. The summed E-state index contributed by atoms with van der Waals surface area (Å²) in [4.78, 5) is 14.9. The van der Waals surface area contributed by atoms with Crippen molar-refractivity contribution >= 4 is 5.91 Å². The van der Waals surface area contributed by atoms with Crippen molar-refractivity contribution in [1.29, 1.82) is 0 Å². The lowest BCUT2D eigenvalue weighted by molar-refractivity contribution is 0.0673. The molecule has 128 valence electrons. The number of H-pyrrole nitrogens is 1. The average molecular weight is 336 g/mol. The van der Waals surface area contributed by atoms with Gasteiger partial charge < -0.3 is 4.90 Å². The van der Waals surface area contributed by atoms with Gasteiger partial charge in [0.25, 0.3) is 5.91 Å². The van der Waals surface area contributed by atoms with Gasteiger partial charge in [-0.25, -0.2) is 0 Å². The zero-order chi connectivity index (χ0) is 17.1. The minimum Gasteiger partial charge on any atom is -0.338 e. The van der Waals surface area contributed by atoms with E-state index in [9.17, 15) is 4.79 Å². The highest BCUT2D eigenvalue weighted by Crippen LogP contribution is 2.22. The van der Waals surface area contributed by atoms with E-state index in [-0.39, 0.29) is 5.91 Å². The Kier molecular flexibility index (Phi) is 4.28. The van der Waals surface area contributed by atoms with Crippen molar-refractivity contribution in [2.24, 2.45) is 5.92 Å². The third-order valence-electron chi connectivity index (χ3n) is 4.68. The summed E-state index contributed by atoms with van der Waals surface area (Å²) < 4.78 is 1.80. The topological polar surface area (TPSA) is 79.7 Å². The lowest BCUT2D eigenvalue weighted by atomic mass is 9.93. The summed E-state index contributed by atoms with van der Waals surface area (Å²) in [5.41, 5.74) is 2.73. The third kappa shape index (κ3) is 3.45. The van der Waals surface area contributed by atoms with Crippen LogP contribution in [0.5, 0.6) is 0 Å². The second-order valence-electron chi connectivity index (χ2n) is 6.46. The van der Waals surface area contributed by atoms with Gasteiger partial charge in [-0.15, -0.1) is 10.2 Å². The number of carbonyl (C=O) groups is 1. The fourth-order valence-corrected chi connectivity index (χ4v) is 3.44. The number of rotatable bonds is 4. The van der Waals surface area contributed by atoms with Gasteiger partial charge in [0.15, 0.2) is 0 Å². The molecule has 1 amide bonds. The molecule has 0 radical (unpaired) electrons. The lowest BCUT2D eigenvalue weighted by Crippen LogP contribution is -2.40. The first-order chi connectivity index (χ1) is 12.3. The van der Waals surface area contributed by atoms with E-state index in [0.29, 0.717) is 11.5 Å². The number of nitrogens with one attached hydrogen (secondary N) is 1. The van der Waals surface area contributed by atoms with Crippen LogP contribution >= 0.6 is 0 Å². The van der Waals surface area contributed by atoms with Crippen LogP contribution in [-0.4, -0.2) is 48.9 Å². The highest BCUT2D eigenvalue weighted by atomic mass is 16.2. The van der Waals surface area contributed by atoms with Crippen LogP contribution in [0.4, 0.5) is 0 Å². The molecule has 1 fully saturated rings. The van der Waals surface area contributed by atoms with Gasteiger partial charge in [-0.1, -0.05) is 6.07 Å². The van der Waals surface area contributed by atoms with E-state index >= 15 is 0 Å². The molecule has 0 saturated carbocycles. The van der Waals surface area contributed by atoms with Crippen molar-refractivity contribution in [3.05, 3.63) is 60.4 Å². The van der Waals surface area contributed by atoms with E-state index in [0.717, 1.165) is 43.7 Å². The minimum atomic E-state index is 0.0873. The second kappa shape index (κ2) is 6.88. The van der Waals surface area contributed by atoms with Gasteiger partial charge in [0.1, 0.15) is 12.7 Å². The highest BCUT2D eigenvalue weighted by molar-refractivity contribution is 5.94. The molecule has 0 aliphatic carbocycles. The fourth-order valence-electron chi connectivity index (χ4n) is 3.44. The molecule has 1 aromatic carbocycles. The molecule has 0 spiro atoms. The standard InChI is InChI=1S/C18H20N6O/c25-18(15-4-1-5-17(10-15)24-12-20-21-13-24)23-8-2-3-14(11-23)9-16-6-7-19-22-16/h1,4-7,10,12-14H,2-3,8-9,11H2,(H,19,22). The van der Waals surface area contributed by atoms with Gasteiger partial charge in [0.05, 0.1) is 0 Å². The first kappa shape index (κ1) is 15.6. The number of carbonyl (C=O) groups excluding carboxylic acids is 1. The zero-order valence-corrected chi connectivity index (χ0v) is 13.9. The van der Waals surface area contributed by atoms with E-state index in [2.05, 4.69) is 20.4 Å². The van der Waals surface area contributed by atoms with Crippen LogP contribution in [-0.2, 0) is 6.42 Å². The maximum Gasteiger partial charge on any atom is 0.253 e. The van der Waals surface area contributed by atoms with E-state index in [1.165, 1.54) is 0 Å². The van der Waals surface area contributed by atoms with Gasteiger partial charge in [-0.2, -0.15) is 5.10 Å². The van der Waals surface area contributed by atoms with Crippen molar-refractivity contribution in [2.75, 3.05) is 13.1 Å². The molecule has 3 heterocycles. The summed E-state index contributed by atoms with van der Waals surface area (Å²) in [6.45, 7) is 1.60. The summed E-state index contributed by atoms with van der Waals surface area (Å²) in [7, 11) is 0. The third-order valence-corrected chi connectivity index (χ3v) is 4.68. The second-order valence-corrected chi connectivity index (χ2v) is 6.46. The number of hydrogen-bond donors (Lipinski definition) is 1. The summed E-state index contributed by atoms with van der Waals surface area (Å²) in [5.74, 6) is 0.559. The molecule has 1 N–H and O–H groups in total. The van der Waals surface area contributed by atoms with Crippen LogP contribution < -0.4 is 0 Å². The van der Waals surface area contributed by atoms with E-state index in [1.54, 1.807) is 23.4 Å². The predicted octanol–water partition coefficient (Wildman–Crippen LogP) is 2.09. The Labute approximate surface area is 145 Å². The molecule has 7 nitrogen and oxygen atoms in total. The smallest absolute Gasteiger partial charge is 0.253 e. The summed E-state index contributed by atoms with van der Waals surface area (Å²) in [6, 6.07) is 9.61. The quantitative estimate of drug-likeness (QED) is 0.791. The number of likely N-dealkylation sites (tertiary alicyclic amines) is 1. The van der Waals surface area contributed by atoms with Crippen molar-refractivity contribution in [3.63, 3.8) is 0 Å². The van der Waals surface area contributed by atoms with Crippen molar-refractivity contribution in [2.45, 2.75) is 19.3 Å². The first-order valence-corrected chi connectivity index (χ1v) is 8.52. The van der Waals surface area contributed by atoms with Crippen molar-refractivity contribution in [1.82, 2.24) is 29.9 Å². The van der Waals surface area contributed by atoms with Gasteiger partial charge in [0.2, 0.25) is 0 Å². The Morgan fingerprint density at radius 1 is 1.24 bits per heavy atom. The number of nitrogens with zero attached hydrogens (tertiary/aromatic N) is 5. The summed E-state index contributed by atoms with van der Waals surface area (Å²) >= 11 is 0. The van der Waals surface area contributed by atoms with Gasteiger partial charge in [0, 0.05) is 36.2 Å². The van der Waals surface area contributed by atoms with Crippen LogP contribution in [0.3, 0.4) is 0 Å². The Hall–Kier alpha value is -2.96. The van der Waals surface area contributed by atoms with Crippen LogP contribution in [0.2, 0.25) is 0 Å². The molecule has 1 atom stereocenters.